The van der Waals surface area contributed by atoms with Crippen molar-refractivity contribution in [1.82, 2.24) is 0 Å². The highest BCUT2D eigenvalue weighted by Crippen LogP contribution is 2.39. The predicted octanol–water partition coefficient (Wildman–Crippen LogP) is 11.3. The van der Waals surface area contributed by atoms with Gasteiger partial charge in [0.1, 0.15) is 6.61 Å². The molecule has 1 unspecified atom stereocenters. The molecule has 2 aliphatic rings. The minimum absolute atomic E-state index is 0.181. The van der Waals surface area contributed by atoms with Crippen LogP contribution in [0.15, 0.2) is 60.9 Å². The molecule has 0 bridgehead atoms. The van der Waals surface area contributed by atoms with E-state index in [0.29, 0.717) is 13.2 Å². The fourth-order valence-electron chi connectivity index (χ4n) is 4.73. The number of allylic oxidation sites excluding steroid dienone is 2. The SMILES string of the molecule is C=C(C)OCc1ccccc1.C=Cc1cc2c(c(C)c1/C=C(\C)C1CC1)CC(C)C2.CC.CCC(C)(CC)CO.CS. The Bertz CT molecular complexity index is 1070. The van der Waals surface area contributed by atoms with E-state index in [-0.39, 0.29) is 5.41 Å². The Morgan fingerprint density at radius 1 is 1.07 bits per heavy atom. The predicted molar refractivity (Wildman–Crippen MR) is 192 cm³/mol. The van der Waals surface area contributed by atoms with Crippen LogP contribution in [-0.4, -0.2) is 18.0 Å². The Labute approximate surface area is 265 Å². The summed E-state index contributed by atoms with van der Waals surface area (Å²) in [5.41, 5.74) is 10.3. The van der Waals surface area contributed by atoms with Crippen molar-refractivity contribution in [2.45, 2.75) is 107 Å². The highest BCUT2D eigenvalue weighted by molar-refractivity contribution is 7.79. The summed E-state index contributed by atoms with van der Waals surface area (Å²) in [5.74, 6) is 2.41. The smallest absolute Gasteiger partial charge is 0.113 e. The van der Waals surface area contributed by atoms with E-state index in [9.17, 15) is 0 Å². The van der Waals surface area contributed by atoms with Crippen molar-refractivity contribution in [3.05, 3.63) is 94.3 Å². The van der Waals surface area contributed by atoms with Gasteiger partial charge in [-0.05, 0) is 116 Å². The molecule has 1 atom stereocenters. The maximum absolute atomic E-state index is 8.79. The lowest BCUT2D eigenvalue weighted by atomic mass is 9.86. The van der Waals surface area contributed by atoms with Crippen molar-refractivity contribution in [2.24, 2.45) is 17.3 Å². The number of ether oxygens (including phenoxy) is 1. The Morgan fingerprint density at radius 3 is 2.07 bits per heavy atom. The minimum atomic E-state index is 0.181. The first kappa shape index (κ1) is 39.8. The number of thiol groups is 1. The molecule has 42 heavy (non-hydrogen) atoms. The monoisotopic (exact) mass is 594 g/mol. The fraction of sp³-hybridized carbons (Fsp3) is 0.538. The van der Waals surface area contributed by atoms with E-state index in [1.807, 2.05) is 57.2 Å². The molecular weight excluding hydrogens is 532 g/mol. The summed E-state index contributed by atoms with van der Waals surface area (Å²) in [4.78, 5) is 0. The topological polar surface area (TPSA) is 29.5 Å². The van der Waals surface area contributed by atoms with Crippen LogP contribution in [0.1, 0.15) is 114 Å². The molecule has 1 saturated carbocycles. The van der Waals surface area contributed by atoms with Gasteiger partial charge in [0.2, 0.25) is 0 Å². The van der Waals surface area contributed by atoms with Gasteiger partial charge < -0.3 is 9.84 Å². The second-order valence-corrected chi connectivity index (χ2v) is 11.7. The lowest BCUT2D eigenvalue weighted by molar-refractivity contribution is 0.133. The average molecular weight is 595 g/mol. The summed E-state index contributed by atoms with van der Waals surface area (Å²) < 4.78 is 5.23. The normalized spacial score (nSPS) is 15.1. The van der Waals surface area contributed by atoms with Crippen molar-refractivity contribution in [3.63, 3.8) is 0 Å². The van der Waals surface area contributed by atoms with Crippen LogP contribution in [0.3, 0.4) is 0 Å². The Balaban J connectivity index is 0.000000625. The van der Waals surface area contributed by atoms with Gasteiger partial charge >= 0.3 is 0 Å². The maximum Gasteiger partial charge on any atom is 0.113 e. The Kier molecular flexibility index (Phi) is 20.3. The van der Waals surface area contributed by atoms with Crippen molar-refractivity contribution < 1.29 is 9.84 Å². The van der Waals surface area contributed by atoms with E-state index >= 15 is 0 Å². The number of benzene rings is 2. The van der Waals surface area contributed by atoms with Gasteiger partial charge in [0.05, 0.1) is 5.76 Å². The lowest BCUT2D eigenvalue weighted by Gasteiger charge is -2.22. The zero-order chi connectivity index (χ0) is 32.3. The molecule has 0 spiro atoms. The van der Waals surface area contributed by atoms with Crippen LogP contribution < -0.4 is 0 Å². The van der Waals surface area contributed by atoms with E-state index in [0.717, 1.165) is 30.4 Å². The van der Waals surface area contributed by atoms with Crippen LogP contribution in [0.4, 0.5) is 0 Å². The summed E-state index contributed by atoms with van der Waals surface area (Å²) in [6.07, 6.45) is 13.5. The van der Waals surface area contributed by atoms with E-state index in [1.165, 1.54) is 47.9 Å². The number of hydrogen-bond acceptors (Lipinski definition) is 3. The van der Waals surface area contributed by atoms with Crippen LogP contribution in [0.2, 0.25) is 0 Å². The van der Waals surface area contributed by atoms with Crippen LogP contribution in [-0.2, 0) is 24.2 Å². The Morgan fingerprint density at radius 2 is 1.64 bits per heavy atom. The molecular formula is C39H62O2S. The molecule has 0 amide bonds. The van der Waals surface area contributed by atoms with Crippen LogP contribution in [0.25, 0.3) is 12.2 Å². The third-order valence-electron chi connectivity index (χ3n) is 8.24. The third-order valence-corrected chi connectivity index (χ3v) is 8.24. The maximum atomic E-state index is 8.79. The molecule has 3 heteroatoms. The second kappa shape index (κ2) is 21.5. The number of fused-ring (bicyclic) bond motifs is 1. The zero-order valence-electron chi connectivity index (χ0n) is 28.6. The standard InChI is InChI=1S/C19H24.C10H12O.C7H16O.C2H6.CH4S/c1-5-15-11-17-8-12(2)9-18(17)14(4)19(15)10-13(3)16-6-7-16;1-9(2)11-8-10-6-4-3-5-7-10;1-4-7(3,5-2)6-8;2*1-2/h5,10-12,16H,1,6-9H2,2-4H3;3-7H,1,8H2,2H3;8H,4-6H2,1-3H3;1-2H3;2H,1H3/b13-10+;;;;. The first-order valence-electron chi connectivity index (χ1n) is 15.9. The van der Waals surface area contributed by atoms with Crippen LogP contribution in [0, 0.1) is 24.2 Å². The molecule has 236 valence electrons. The van der Waals surface area contributed by atoms with Gasteiger partial charge in [-0.15, -0.1) is 0 Å². The summed E-state index contributed by atoms with van der Waals surface area (Å²) >= 11 is 3.53. The first-order chi connectivity index (χ1) is 20.1. The van der Waals surface area contributed by atoms with Crippen molar-refractivity contribution >= 4 is 24.8 Å². The number of hydrogen-bond donors (Lipinski definition) is 2. The van der Waals surface area contributed by atoms with Gasteiger partial charge in [0.25, 0.3) is 0 Å². The molecule has 0 aromatic heterocycles. The summed E-state index contributed by atoms with van der Waals surface area (Å²) in [6.45, 7) is 27.7. The van der Waals surface area contributed by atoms with E-state index in [2.05, 4.69) is 79.5 Å². The molecule has 1 fully saturated rings. The summed E-state index contributed by atoms with van der Waals surface area (Å²) in [6, 6.07) is 12.4. The highest BCUT2D eigenvalue weighted by atomic mass is 32.1. The molecule has 1 N–H and O–H groups in total. The molecule has 0 heterocycles. The van der Waals surface area contributed by atoms with Gasteiger partial charge in [-0.1, -0.05) is 109 Å². The summed E-state index contributed by atoms with van der Waals surface area (Å²) in [7, 11) is 0. The molecule has 2 aromatic carbocycles. The molecule has 2 aromatic rings. The van der Waals surface area contributed by atoms with Gasteiger partial charge in [0.15, 0.2) is 0 Å². The minimum Gasteiger partial charge on any atom is -0.494 e. The fourth-order valence-corrected chi connectivity index (χ4v) is 4.73. The van der Waals surface area contributed by atoms with Crippen LogP contribution in [0.5, 0.6) is 0 Å². The van der Waals surface area contributed by atoms with Gasteiger partial charge in [-0.3, -0.25) is 0 Å². The quantitative estimate of drug-likeness (QED) is 0.223. The molecule has 2 nitrogen and oxygen atoms in total. The third kappa shape index (κ3) is 13.8. The van der Waals surface area contributed by atoms with E-state index in [4.69, 9.17) is 9.84 Å². The zero-order valence-corrected chi connectivity index (χ0v) is 29.5. The van der Waals surface area contributed by atoms with Crippen molar-refractivity contribution in [3.8, 4) is 0 Å². The first-order valence-corrected chi connectivity index (χ1v) is 16.8. The Hall–Kier alpha value is -2.23. The van der Waals surface area contributed by atoms with Gasteiger partial charge in [0, 0.05) is 6.61 Å². The average Bonchev–Trinajstić information content (AvgIpc) is 3.81. The number of aliphatic hydroxyl groups excluding tert-OH is 1. The molecule has 0 saturated heterocycles. The lowest BCUT2D eigenvalue weighted by Crippen LogP contribution is -2.18. The number of rotatable bonds is 9. The second-order valence-electron chi connectivity index (χ2n) is 11.7. The van der Waals surface area contributed by atoms with Gasteiger partial charge in [-0.2, -0.15) is 12.6 Å². The molecule has 4 rings (SSSR count). The van der Waals surface area contributed by atoms with Crippen LogP contribution >= 0.6 is 12.6 Å². The molecule has 0 radical (unpaired) electrons. The number of aliphatic hydroxyl groups is 1. The largest absolute Gasteiger partial charge is 0.494 e. The van der Waals surface area contributed by atoms with E-state index in [1.54, 1.807) is 23.0 Å². The molecule has 2 aliphatic carbocycles. The molecule has 0 aliphatic heterocycles. The van der Waals surface area contributed by atoms with Crippen molar-refractivity contribution in [1.29, 1.82) is 0 Å². The van der Waals surface area contributed by atoms with Crippen molar-refractivity contribution in [2.75, 3.05) is 12.9 Å². The highest BCUT2D eigenvalue weighted by Gasteiger charge is 2.25. The van der Waals surface area contributed by atoms with Gasteiger partial charge in [-0.25, -0.2) is 0 Å². The summed E-state index contributed by atoms with van der Waals surface area (Å²) in [5, 5.41) is 8.79. The van der Waals surface area contributed by atoms with E-state index < -0.39 is 0 Å².